The number of carbonyl (C=O) groups is 1. The highest BCUT2D eigenvalue weighted by Crippen LogP contribution is 2.34. The fourth-order valence-electron chi connectivity index (χ4n) is 2.15. The van der Waals surface area contributed by atoms with Gasteiger partial charge in [-0.25, -0.2) is 13.1 Å². The second-order valence-electron chi connectivity index (χ2n) is 5.13. The molecule has 6 nitrogen and oxygen atoms in total. The molecule has 0 saturated carbocycles. The first-order valence-corrected chi connectivity index (χ1v) is 8.52. The van der Waals surface area contributed by atoms with Gasteiger partial charge in [-0.3, -0.25) is 4.79 Å². The van der Waals surface area contributed by atoms with E-state index in [0.29, 0.717) is 18.0 Å². The molecule has 1 amide bonds. The zero-order valence-electron chi connectivity index (χ0n) is 12.4. The van der Waals surface area contributed by atoms with Crippen molar-refractivity contribution in [2.75, 3.05) is 23.7 Å². The second-order valence-corrected chi connectivity index (χ2v) is 7.22. The lowest BCUT2D eigenvalue weighted by atomic mass is 10.1. The minimum absolute atomic E-state index is 0.0461. The van der Waals surface area contributed by atoms with E-state index >= 15 is 0 Å². The van der Waals surface area contributed by atoms with Crippen LogP contribution in [0, 0.1) is 6.92 Å². The Morgan fingerprint density at radius 2 is 2.19 bits per heavy atom. The van der Waals surface area contributed by atoms with E-state index in [0.717, 1.165) is 5.56 Å². The van der Waals surface area contributed by atoms with Gasteiger partial charge in [-0.1, -0.05) is 6.07 Å². The summed E-state index contributed by atoms with van der Waals surface area (Å²) in [6.45, 7) is 5.52. The number of carbonyl (C=O) groups excluding carboxylic acids is 1. The van der Waals surface area contributed by atoms with Gasteiger partial charge in [0.25, 0.3) is 0 Å². The number of sulfonamides is 1. The van der Waals surface area contributed by atoms with Gasteiger partial charge < -0.3 is 9.64 Å². The van der Waals surface area contributed by atoms with E-state index in [4.69, 9.17) is 4.74 Å². The molecule has 1 N–H and O–H groups in total. The summed E-state index contributed by atoms with van der Waals surface area (Å²) in [6.07, 6.45) is -0.133. The molecule has 0 fully saturated rings. The smallest absolute Gasteiger partial charge is 0.242 e. The number of anilines is 1. The van der Waals surface area contributed by atoms with Crippen LogP contribution in [-0.4, -0.2) is 39.3 Å². The number of aryl methyl sites for hydroxylation is 1. The summed E-state index contributed by atoms with van der Waals surface area (Å²) in [5.41, 5.74) is 1.72. The quantitative estimate of drug-likeness (QED) is 0.901. The van der Waals surface area contributed by atoms with E-state index in [-0.39, 0.29) is 24.3 Å². The molecule has 21 heavy (non-hydrogen) atoms. The Morgan fingerprint density at radius 3 is 2.86 bits per heavy atom. The maximum absolute atomic E-state index is 12.3. The molecule has 1 aliphatic rings. The van der Waals surface area contributed by atoms with Crippen LogP contribution in [0.4, 0.5) is 5.69 Å². The molecule has 0 bridgehead atoms. The van der Waals surface area contributed by atoms with Crippen LogP contribution < -0.4 is 14.4 Å². The van der Waals surface area contributed by atoms with Crippen LogP contribution in [-0.2, 0) is 14.8 Å². The lowest BCUT2D eigenvalue weighted by molar-refractivity contribution is -0.118. The summed E-state index contributed by atoms with van der Waals surface area (Å²) < 4.78 is 30.9. The molecule has 1 aromatic rings. The number of rotatable bonds is 4. The third-order valence-electron chi connectivity index (χ3n) is 3.30. The van der Waals surface area contributed by atoms with Gasteiger partial charge in [0, 0.05) is 0 Å². The van der Waals surface area contributed by atoms with Crippen molar-refractivity contribution < 1.29 is 17.9 Å². The molecule has 1 aliphatic heterocycles. The van der Waals surface area contributed by atoms with Crippen LogP contribution in [0.1, 0.15) is 19.4 Å². The molecule has 1 aromatic carbocycles. The van der Waals surface area contributed by atoms with E-state index in [1.807, 2.05) is 32.0 Å². The van der Waals surface area contributed by atoms with Crippen LogP contribution in [0.2, 0.25) is 0 Å². The topological polar surface area (TPSA) is 75.7 Å². The summed E-state index contributed by atoms with van der Waals surface area (Å²) in [7, 11) is -3.38. The van der Waals surface area contributed by atoms with Gasteiger partial charge in [-0.05, 0) is 38.5 Å². The van der Waals surface area contributed by atoms with E-state index < -0.39 is 10.0 Å². The number of nitrogens with one attached hydrogen (secondary N) is 1. The van der Waals surface area contributed by atoms with Crippen LogP contribution in [0.3, 0.4) is 0 Å². The van der Waals surface area contributed by atoms with Gasteiger partial charge in [0.2, 0.25) is 15.9 Å². The fourth-order valence-corrected chi connectivity index (χ4v) is 2.70. The summed E-state index contributed by atoms with van der Waals surface area (Å²) in [5.74, 6) is 0.322. The maximum Gasteiger partial charge on any atom is 0.242 e. The molecular formula is C14H20N2O4S. The minimum atomic E-state index is -3.38. The molecule has 116 valence electrons. The number of hydrogen-bond donors (Lipinski definition) is 1. The third-order valence-corrected chi connectivity index (χ3v) is 4.64. The largest absolute Gasteiger partial charge is 0.487 e. The molecule has 0 aromatic heterocycles. The first-order chi connectivity index (χ1) is 9.82. The lowest BCUT2D eigenvalue weighted by Gasteiger charge is -2.33. The number of hydrogen-bond acceptors (Lipinski definition) is 4. The fraction of sp³-hybridized carbons (Fsp3) is 0.500. The second kappa shape index (κ2) is 6.03. The number of benzene rings is 1. The SMILES string of the molecule is CCS(=O)(=O)NCC(=O)N1CC(C)Oc2cc(C)ccc21. The highest BCUT2D eigenvalue weighted by molar-refractivity contribution is 7.89. The normalized spacial score (nSPS) is 18.0. The van der Waals surface area contributed by atoms with Gasteiger partial charge in [0.15, 0.2) is 0 Å². The number of ether oxygens (including phenoxy) is 1. The Hall–Kier alpha value is -1.60. The predicted molar refractivity (Wildman–Crippen MR) is 81.1 cm³/mol. The van der Waals surface area contributed by atoms with Crippen molar-refractivity contribution >= 4 is 21.6 Å². The van der Waals surface area contributed by atoms with Crippen LogP contribution in [0.5, 0.6) is 5.75 Å². The molecule has 1 unspecified atom stereocenters. The van der Waals surface area contributed by atoms with Gasteiger partial charge in [0.1, 0.15) is 11.9 Å². The summed E-state index contributed by atoms with van der Waals surface area (Å²) in [4.78, 5) is 13.9. The van der Waals surface area contributed by atoms with Crippen molar-refractivity contribution in [2.24, 2.45) is 0 Å². The van der Waals surface area contributed by atoms with Gasteiger partial charge in [0.05, 0.1) is 24.5 Å². The number of amides is 1. The van der Waals surface area contributed by atoms with Crippen LogP contribution in [0.25, 0.3) is 0 Å². The van der Waals surface area contributed by atoms with Crippen LogP contribution >= 0.6 is 0 Å². The Labute approximate surface area is 125 Å². The monoisotopic (exact) mass is 312 g/mol. The van der Waals surface area contributed by atoms with Gasteiger partial charge in [-0.2, -0.15) is 0 Å². The first-order valence-electron chi connectivity index (χ1n) is 6.87. The Kier molecular flexibility index (Phi) is 4.53. The Balaban J connectivity index is 2.19. The molecule has 0 saturated heterocycles. The molecule has 0 radical (unpaired) electrons. The number of nitrogens with zero attached hydrogens (tertiary/aromatic N) is 1. The molecule has 0 spiro atoms. The minimum Gasteiger partial charge on any atom is -0.487 e. The van der Waals surface area contributed by atoms with Crippen LogP contribution in [0.15, 0.2) is 18.2 Å². The molecular weight excluding hydrogens is 292 g/mol. The molecule has 1 heterocycles. The molecule has 7 heteroatoms. The van der Waals surface area contributed by atoms with E-state index in [1.54, 1.807) is 4.90 Å². The Morgan fingerprint density at radius 1 is 1.48 bits per heavy atom. The van der Waals surface area contributed by atoms with Crippen molar-refractivity contribution in [1.29, 1.82) is 0 Å². The average molecular weight is 312 g/mol. The summed E-state index contributed by atoms with van der Waals surface area (Å²) in [6, 6.07) is 5.60. The summed E-state index contributed by atoms with van der Waals surface area (Å²) in [5, 5.41) is 0. The standard InChI is InChI=1S/C14H20N2O4S/c1-4-21(18,19)15-8-14(17)16-9-11(3)20-13-7-10(2)5-6-12(13)16/h5-7,11,15H,4,8-9H2,1-3H3. The van der Waals surface area contributed by atoms with Gasteiger partial charge >= 0.3 is 0 Å². The lowest BCUT2D eigenvalue weighted by Crippen LogP contribution is -2.46. The van der Waals surface area contributed by atoms with Crippen molar-refractivity contribution in [2.45, 2.75) is 26.9 Å². The average Bonchev–Trinajstić information content (AvgIpc) is 2.43. The zero-order valence-corrected chi connectivity index (χ0v) is 13.2. The zero-order chi connectivity index (χ0) is 15.6. The van der Waals surface area contributed by atoms with Crippen molar-refractivity contribution in [3.63, 3.8) is 0 Å². The molecule has 1 atom stereocenters. The summed E-state index contributed by atoms with van der Waals surface area (Å²) >= 11 is 0. The van der Waals surface area contributed by atoms with Crippen molar-refractivity contribution in [3.05, 3.63) is 23.8 Å². The predicted octanol–water partition coefficient (Wildman–Crippen LogP) is 1.05. The van der Waals surface area contributed by atoms with E-state index in [9.17, 15) is 13.2 Å². The third kappa shape index (κ3) is 3.74. The molecule has 2 rings (SSSR count). The van der Waals surface area contributed by atoms with Crippen molar-refractivity contribution in [1.82, 2.24) is 4.72 Å². The Bertz CT molecular complexity index is 642. The highest BCUT2D eigenvalue weighted by atomic mass is 32.2. The van der Waals surface area contributed by atoms with Crippen molar-refractivity contribution in [3.8, 4) is 5.75 Å². The maximum atomic E-state index is 12.3. The molecule has 0 aliphatic carbocycles. The number of fused-ring (bicyclic) bond motifs is 1. The van der Waals surface area contributed by atoms with E-state index in [2.05, 4.69) is 4.72 Å². The first kappa shape index (κ1) is 15.8. The van der Waals surface area contributed by atoms with E-state index in [1.165, 1.54) is 6.92 Å². The van der Waals surface area contributed by atoms with Gasteiger partial charge in [-0.15, -0.1) is 0 Å². The highest BCUT2D eigenvalue weighted by Gasteiger charge is 2.28.